The highest BCUT2D eigenvalue weighted by atomic mass is 32.2. The van der Waals surface area contributed by atoms with Crippen LogP contribution in [0.15, 0.2) is 63.9 Å². The molecule has 10 heteroatoms. The number of hydrogen-bond acceptors (Lipinski definition) is 7. The fourth-order valence-electron chi connectivity index (χ4n) is 3.46. The molecule has 34 heavy (non-hydrogen) atoms. The zero-order valence-electron chi connectivity index (χ0n) is 18.2. The van der Waals surface area contributed by atoms with Crippen LogP contribution in [0.3, 0.4) is 0 Å². The molecule has 1 aromatic heterocycles. The van der Waals surface area contributed by atoms with Gasteiger partial charge in [-0.2, -0.15) is 0 Å². The number of furan rings is 1. The van der Waals surface area contributed by atoms with Gasteiger partial charge in [0, 0.05) is 29.5 Å². The molecule has 1 saturated heterocycles. The fourth-order valence-corrected chi connectivity index (χ4v) is 4.28. The lowest BCUT2D eigenvalue weighted by molar-refractivity contribution is -0.384. The van der Waals surface area contributed by atoms with Crippen molar-refractivity contribution >= 4 is 46.3 Å². The minimum absolute atomic E-state index is 0.0734. The van der Waals surface area contributed by atoms with E-state index in [1.807, 2.05) is 32.0 Å². The van der Waals surface area contributed by atoms with Crippen molar-refractivity contribution in [2.45, 2.75) is 13.8 Å². The molecule has 3 amide bonds. The fraction of sp³-hybridized carbons (Fsp3) is 0.125. The third-order valence-corrected chi connectivity index (χ3v) is 6.07. The first kappa shape index (κ1) is 23.0. The Morgan fingerprint density at radius 2 is 1.82 bits per heavy atom. The van der Waals surface area contributed by atoms with Gasteiger partial charge in [-0.25, -0.2) is 0 Å². The molecule has 172 valence electrons. The number of thioether (sulfide) groups is 1. The van der Waals surface area contributed by atoms with Crippen LogP contribution in [0.1, 0.15) is 16.9 Å². The zero-order valence-corrected chi connectivity index (χ0v) is 19.0. The van der Waals surface area contributed by atoms with Crippen molar-refractivity contribution in [3.8, 4) is 11.3 Å². The molecule has 3 aromatic rings. The topological polar surface area (TPSA) is 123 Å². The summed E-state index contributed by atoms with van der Waals surface area (Å²) < 4.78 is 5.70. The van der Waals surface area contributed by atoms with E-state index >= 15 is 0 Å². The maximum atomic E-state index is 12.8. The number of aryl methyl sites for hydroxylation is 2. The van der Waals surface area contributed by atoms with Crippen molar-refractivity contribution in [1.82, 2.24) is 4.90 Å². The largest absolute Gasteiger partial charge is 0.457 e. The predicted molar refractivity (Wildman–Crippen MR) is 128 cm³/mol. The van der Waals surface area contributed by atoms with Crippen molar-refractivity contribution in [2.75, 3.05) is 11.9 Å². The van der Waals surface area contributed by atoms with Crippen LogP contribution in [0.25, 0.3) is 17.4 Å². The number of non-ortho nitro benzene ring substituents is 1. The van der Waals surface area contributed by atoms with Gasteiger partial charge in [0.05, 0.1) is 9.83 Å². The van der Waals surface area contributed by atoms with E-state index in [0.717, 1.165) is 16.0 Å². The highest BCUT2D eigenvalue weighted by molar-refractivity contribution is 8.18. The molecule has 2 aromatic carbocycles. The van der Waals surface area contributed by atoms with Gasteiger partial charge in [0.1, 0.15) is 18.1 Å². The molecule has 0 radical (unpaired) electrons. The summed E-state index contributed by atoms with van der Waals surface area (Å²) in [6.07, 6.45) is 1.41. The van der Waals surface area contributed by atoms with Crippen molar-refractivity contribution in [3.63, 3.8) is 0 Å². The number of anilines is 1. The lowest BCUT2D eigenvalue weighted by Gasteiger charge is -2.15. The third kappa shape index (κ3) is 4.76. The van der Waals surface area contributed by atoms with Crippen LogP contribution >= 0.6 is 11.8 Å². The molecule has 0 bridgehead atoms. The Bertz CT molecular complexity index is 1340. The standard InChI is InChI=1S/C24H19N3O6S/c1-14-5-3-6-15(2)22(14)25-21(28)13-26-23(29)20(34-24(26)30)12-18-9-10-19(33-18)16-7-4-8-17(11-16)27(31)32/h3-12H,13H2,1-2H3,(H,25,28)/b20-12+. The Kier molecular flexibility index (Phi) is 6.33. The van der Waals surface area contributed by atoms with Crippen LogP contribution in [0.4, 0.5) is 16.2 Å². The smallest absolute Gasteiger partial charge is 0.294 e. The van der Waals surface area contributed by atoms with Gasteiger partial charge in [-0.05, 0) is 48.9 Å². The van der Waals surface area contributed by atoms with E-state index in [1.165, 1.54) is 18.2 Å². The lowest BCUT2D eigenvalue weighted by atomic mass is 10.1. The molecule has 1 aliphatic heterocycles. The maximum absolute atomic E-state index is 12.8. The zero-order chi connectivity index (χ0) is 24.4. The molecule has 1 fully saturated rings. The molecule has 0 spiro atoms. The number of hydrogen-bond donors (Lipinski definition) is 1. The van der Waals surface area contributed by atoms with E-state index in [4.69, 9.17) is 4.42 Å². The Morgan fingerprint density at radius 3 is 2.53 bits per heavy atom. The summed E-state index contributed by atoms with van der Waals surface area (Å²) >= 11 is 0.712. The first-order chi connectivity index (χ1) is 16.2. The van der Waals surface area contributed by atoms with Crippen LogP contribution in [0.5, 0.6) is 0 Å². The third-order valence-electron chi connectivity index (χ3n) is 5.16. The van der Waals surface area contributed by atoms with Gasteiger partial charge in [-0.15, -0.1) is 0 Å². The monoisotopic (exact) mass is 477 g/mol. The number of nitro groups is 1. The summed E-state index contributed by atoms with van der Waals surface area (Å²) in [5.74, 6) is -0.402. The Labute approximate surface area is 198 Å². The van der Waals surface area contributed by atoms with Crippen LogP contribution in [0, 0.1) is 24.0 Å². The number of nitrogens with zero attached hydrogens (tertiary/aromatic N) is 2. The predicted octanol–water partition coefficient (Wildman–Crippen LogP) is 5.15. The van der Waals surface area contributed by atoms with Crippen molar-refractivity contribution in [2.24, 2.45) is 0 Å². The van der Waals surface area contributed by atoms with Gasteiger partial charge in [-0.1, -0.05) is 30.3 Å². The normalized spacial score (nSPS) is 14.6. The summed E-state index contributed by atoms with van der Waals surface area (Å²) in [4.78, 5) is 49.1. The van der Waals surface area contributed by atoms with Gasteiger partial charge >= 0.3 is 0 Å². The first-order valence-electron chi connectivity index (χ1n) is 10.2. The molecule has 9 nitrogen and oxygen atoms in total. The number of amides is 3. The average molecular weight is 477 g/mol. The summed E-state index contributed by atoms with van der Waals surface area (Å²) in [6.45, 7) is 3.31. The van der Waals surface area contributed by atoms with E-state index in [1.54, 1.807) is 24.3 Å². The molecule has 0 saturated carbocycles. The summed E-state index contributed by atoms with van der Waals surface area (Å²) in [5.41, 5.74) is 2.83. The maximum Gasteiger partial charge on any atom is 0.294 e. The number of benzene rings is 2. The van der Waals surface area contributed by atoms with Crippen molar-refractivity contribution in [3.05, 3.63) is 86.5 Å². The highest BCUT2D eigenvalue weighted by Gasteiger charge is 2.36. The molecule has 0 atom stereocenters. The van der Waals surface area contributed by atoms with E-state index in [2.05, 4.69) is 5.32 Å². The van der Waals surface area contributed by atoms with Gasteiger partial charge in [-0.3, -0.25) is 29.4 Å². The average Bonchev–Trinajstić information content (AvgIpc) is 3.37. The second kappa shape index (κ2) is 9.36. The van der Waals surface area contributed by atoms with Crippen LogP contribution in [0.2, 0.25) is 0 Å². The SMILES string of the molecule is Cc1cccc(C)c1NC(=O)CN1C(=O)S/C(=C/c2ccc(-c3cccc([N+](=O)[O-])c3)o2)C1=O. The van der Waals surface area contributed by atoms with E-state index < -0.39 is 28.5 Å². The lowest BCUT2D eigenvalue weighted by Crippen LogP contribution is -2.36. The molecular weight excluding hydrogens is 458 g/mol. The second-order valence-electron chi connectivity index (χ2n) is 7.59. The van der Waals surface area contributed by atoms with Crippen molar-refractivity contribution in [1.29, 1.82) is 0 Å². The molecule has 2 heterocycles. The van der Waals surface area contributed by atoms with Crippen molar-refractivity contribution < 1.29 is 23.7 Å². The molecule has 0 unspecified atom stereocenters. The Morgan fingerprint density at radius 1 is 1.12 bits per heavy atom. The number of para-hydroxylation sites is 1. The second-order valence-corrected chi connectivity index (χ2v) is 8.59. The number of imide groups is 1. The van der Waals surface area contributed by atoms with E-state index in [-0.39, 0.29) is 10.6 Å². The first-order valence-corrected chi connectivity index (χ1v) is 11.0. The number of nitro benzene ring substituents is 1. The van der Waals surface area contributed by atoms with Gasteiger partial charge in [0.25, 0.3) is 16.8 Å². The summed E-state index contributed by atoms with van der Waals surface area (Å²) in [6, 6.07) is 14.8. The number of rotatable bonds is 6. The van der Waals surface area contributed by atoms with Crippen LogP contribution in [-0.2, 0) is 9.59 Å². The summed E-state index contributed by atoms with van der Waals surface area (Å²) in [5, 5.41) is 13.2. The number of carbonyl (C=O) groups excluding carboxylic acids is 3. The summed E-state index contributed by atoms with van der Waals surface area (Å²) in [7, 11) is 0. The number of nitrogens with one attached hydrogen (secondary N) is 1. The molecular formula is C24H19N3O6S. The quantitative estimate of drug-likeness (QED) is 0.296. The van der Waals surface area contributed by atoms with Crippen LogP contribution in [-0.4, -0.2) is 33.4 Å². The van der Waals surface area contributed by atoms with Crippen LogP contribution < -0.4 is 5.32 Å². The molecule has 4 rings (SSSR count). The number of carbonyl (C=O) groups is 3. The van der Waals surface area contributed by atoms with Gasteiger partial charge in [0.2, 0.25) is 5.91 Å². The van der Waals surface area contributed by atoms with E-state index in [9.17, 15) is 24.5 Å². The Balaban J connectivity index is 1.48. The molecule has 1 aliphatic rings. The molecule has 0 aliphatic carbocycles. The minimum Gasteiger partial charge on any atom is -0.457 e. The molecule has 1 N–H and O–H groups in total. The van der Waals surface area contributed by atoms with E-state index in [0.29, 0.717) is 34.5 Å². The highest BCUT2D eigenvalue weighted by Crippen LogP contribution is 2.34. The Hall–Kier alpha value is -4.18. The van der Waals surface area contributed by atoms with Gasteiger partial charge < -0.3 is 9.73 Å². The minimum atomic E-state index is -0.597. The van der Waals surface area contributed by atoms with Gasteiger partial charge in [0.15, 0.2) is 0 Å².